The Labute approximate surface area is 142 Å². The first-order chi connectivity index (χ1) is 11.6. The van der Waals surface area contributed by atoms with Crippen LogP contribution in [-0.4, -0.2) is 31.8 Å². The minimum Gasteiger partial charge on any atom is -0.354 e. The average Bonchev–Trinajstić information content (AvgIpc) is 3.19. The van der Waals surface area contributed by atoms with Crippen molar-refractivity contribution < 1.29 is 4.79 Å². The Hall–Kier alpha value is -2.74. The van der Waals surface area contributed by atoms with Gasteiger partial charge in [0.25, 0.3) is 0 Å². The third kappa shape index (κ3) is 3.60. The molecule has 0 aliphatic heterocycles. The van der Waals surface area contributed by atoms with Crippen molar-refractivity contribution in [2.75, 3.05) is 6.54 Å². The van der Waals surface area contributed by atoms with Crippen LogP contribution < -0.4 is 11.0 Å². The highest BCUT2D eigenvalue weighted by molar-refractivity contribution is 7.10. The maximum Gasteiger partial charge on any atom is 0.346 e. The summed E-state index contributed by atoms with van der Waals surface area (Å²) < 4.78 is 2.80. The van der Waals surface area contributed by atoms with E-state index in [2.05, 4.69) is 15.4 Å². The second-order valence-corrected chi connectivity index (χ2v) is 6.24. The predicted molar refractivity (Wildman–Crippen MR) is 91.7 cm³/mol. The van der Waals surface area contributed by atoms with Crippen molar-refractivity contribution in [1.82, 2.24) is 24.6 Å². The number of nitrogens with one attached hydrogen (secondary N) is 1. The van der Waals surface area contributed by atoms with E-state index in [1.54, 1.807) is 30.6 Å². The minimum absolute atomic E-state index is 0.0635. The van der Waals surface area contributed by atoms with Crippen molar-refractivity contribution in [1.29, 1.82) is 0 Å². The molecule has 0 atom stereocenters. The molecule has 24 heavy (non-hydrogen) atoms. The van der Waals surface area contributed by atoms with Gasteiger partial charge in [0.2, 0.25) is 5.91 Å². The molecule has 0 fully saturated rings. The van der Waals surface area contributed by atoms with E-state index in [1.807, 2.05) is 29.6 Å². The van der Waals surface area contributed by atoms with E-state index in [4.69, 9.17) is 0 Å². The average molecular weight is 343 g/mol. The molecule has 124 valence electrons. The topological polar surface area (TPSA) is 81.8 Å². The first-order valence-electron chi connectivity index (χ1n) is 7.49. The molecule has 1 amide bonds. The molecule has 0 saturated heterocycles. The number of hydrogen-bond donors (Lipinski definition) is 1. The maximum absolute atomic E-state index is 12.2. The van der Waals surface area contributed by atoms with Gasteiger partial charge in [-0.25, -0.2) is 9.48 Å². The normalized spacial score (nSPS) is 10.7. The van der Waals surface area contributed by atoms with Crippen LogP contribution >= 0.6 is 11.3 Å². The summed E-state index contributed by atoms with van der Waals surface area (Å²) in [6.45, 7) is 0.665. The van der Waals surface area contributed by atoms with Crippen LogP contribution in [0.5, 0.6) is 0 Å². The van der Waals surface area contributed by atoms with E-state index in [0.29, 0.717) is 31.0 Å². The highest BCUT2D eigenvalue weighted by Crippen LogP contribution is 2.10. The van der Waals surface area contributed by atoms with E-state index in [0.717, 1.165) is 4.88 Å². The fourth-order valence-corrected chi connectivity index (χ4v) is 2.99. The standard InChI is InChI=1S/C16H17N5O2S/c1-20-15(13-6-2-3-7-17-13)19-21(16(20)23)9-8-18-14(22)11-12-5-4-10-24-12/h2-7,10H,8-9,11H2,1H3,(H,18,22). The Morgan fingerprint density at radius 2 is 2.17 bits per heavy atom. The van der Waals surface area contributed by atoms with Crippen LogP contribution in [0, 0.1) is 0 Å². The molecule has 0 bridgehead atoms. The van der Waals surface area contributed by atoms with Crippen LogP contribution in [0.15, 0.2) is 46.7 Å². The van der Waals surface area contributed by atoms with Gasteiger partial charge in [0.15, 0.2) is 5.82 Å². The molecule has 0 aliphatic rings. The summed E-state index contributed by atoms with van der Waals surface area (Å²) in [5, 5.41) is 9.06. The lowest BCUT2D eigenvalue weighted by molar-refractivity contribution is -0.120. The van der Waals surface area contributed by atoms with E-state index in [9.17, 15) is 9.59 Å². The molecule has 0 spiro atoms. The van der Waals surface area contributed by atoms with Gasteiger partial charge in [0, 0.05) is 24.7 Å². The summed E-state index contributed by atoms with van der Waals surface area (Å²) in [6.07, 6.45) is 2.01. The molecule has 0 radical (unpaired) electrons. The predicted octanol–water partition coefficient (Wildman–Crippen LogP) is 1.06. The van der Waals surface area contributed by atoms with Gasteiger partial charge in [-0.15, -0.1) is 16.4 Å². The zero-order valence-electron chi connectivity index (χ0n) is 13.2. The third-order valence-corrected chi connectivity index (χ3v) is 4.37. The van der Waals surface area contributed by atoms with Crippen molar-refractivity contribution in [2.24, 2.45) is 7.05 Å². The molecule has 0 aromatic carbocycles. The number of hydrogen-bond acceptors (Lipinski definition) is 5. The first kappa shape index (κ1) is 16.1. The van der Waals surface area contributed by atoms with E-state index >= 15 is 0 Å². The summed E-state index contributed by atoms with van der Waals surface area (Å²) in [5.41, 5.74) is 0.403. The summed E-state index contributed by atoms with van der Waals surface area (Å²) >= 11 is 1.55. The Morgan fingerprint density at radius 3 is 2.88 bits per heavy atom. The molecule has 0 saturated carbocycles. The molecule has 8 heteroatoms. The molecule has 0 aliphatic carbocycles. The lowest BCUT2D eigenvalue weighted by Crippen LogP contribution is -2.32. The Balaban J connectivity index is 1.62. The van der Waals surface area contributed by atoms with Crippen molar-refractivity contribution in [3.05, 3.63) is 57.3 Å². The van der Waals surface area contributed by atoms with Crippen LogP contribution in [0.3, 0.4) is 0 Å². The van der Waals surface area contributed by atoms with Gasteiger partial charge in [0.1, 0.15) is 5.69 Å². The second kappa shape index (κ2) is 7.22. The zero-order chi connectivity index (χ0) is 16.9. The monoisotopic (exact) mass is 343 g/mol. The highest BCUT2D eigenvalue weighted by Gasteiger charge is 2.13. The number of amides is 1. The van der Waals surface area contributed by atoms with Gasteiger partial charge in [-0.2, -0.15) is 0 Å². The maximum atomic E-state index is 12.2. The fourth-order valence-electron chi connectivity index (χ4n) is 2.29. The van der Waals surface area contributed by atoms with Gasteiger partial charge < -0.3 is 5.32 Å². The van der Waals surface area contributed by atoms with Crippen LogP contribution in [-0.2, 0) is 24.8 Å². The first-order valence-corrected chi connectivity index (χ1v) is 8.37. The van der Waals surface area contributed by atoms with Crippen LogP contribution in [0.25, 0.3) is 11.5 Å². The molecule has 0 unspecified atom stereocenters. The molecular weight excluding hydrogens is 326 g/mol. The van der Waals surface area contributed by atoms with Gasteiger partial charge in [-0.1, -0.05) is 12.1 Å². The number of rotatable bonds is 6. The molecule has 3 rings (SSSR count). The van der Waals surface area contributed by atoms with Gasteiger partial charge in [0.05, 0.1) is 13.0 Å². The molecular formula is C16H17N5O2S. The summed E-state index contributed by atoms with van der Waals surface area (Å²) in [7, 11) is 1.66. The van der Waals surface area contributed by atoms with E-state index in [1.165, 1.54) is 9.25 Å². The lowest BCUT2D eigenvalue weighted by Gasteiger charge is -2.03. The van der Waals surface area contributed by atoms with Crippen LogP contribution in [0.2, 0.25) is 0 Å². The summed E-state index contributed by atoms with van der Waals surface area (Å²) in [4.78, 5) is 29.3. The lowest BCUT2D eigenvalue weighted by atomic mass is 10.3. The zero-order valence-corrected chi connectivity index (χ0v) is 14.0. The summed E-state index contributed by atoms with van der Waals surface area (Å²) in [6, 6.07) is 9.29. The Morgan fingerprint density at radius 1 is 1.29 bits per heavy atom. The van der Waals surface area contributed by atoms with E-state index < -0.39 is 0 Å². The highest BCUT2D eigenvalue weighted by atomic mass is 32.1. The van der Waals surface area contributed by atoms with E-state index in [-0.39, 0.29) is 11.6 Å². The minimum atomic E-state index is -0.233. The SMILES string of the molecule is Cn1c(-c2ccccn2)nn(CCNC(=O)Cc2cccs2)c1=O. The van der Waals surface area contributed by atoms with Crippen molar-refractivity contribution in [2.45, 2.75) is 13.0 Å². The molecule has 1 N–H and O–H groups in total. The molecule has 3 heterocycles. The number of pyridine rings is 1. The number of carbonyl (C=O) groups excluding carboxylic acids is 1. The van der Waals surface area contributed by atoms with Gasteiger partial charge >= 0.3 is 5.69 Å². The van der Waals surface area contributed by atoms with Crippen LogP contribution in [0.4, 0.5) is 0 Å². The van der Waals surface area contributed by atoms with Gasteiger partial charge in [-0.05, 0) is 23.6 Å². The van der Waals surface area contributed by atoms with Gasteiger partial charge in [-0.3, -0.25) is 14.3 Å². The second-order valence-electron chi connectivity index (χ2n) is 5.21. The fraction of sp³-hybridized carbons (Fsp3) is 0.250. The quantitative estimate of drug-likeness (QED) is 0.726. The Kier molecular flexibility index (Phi) is 4.85. The third-order valence-electron chi connectivity index (χ3n) is 3.50. The van der Waals surface area contributed by atoms with Crippen LogP contribution in [0.1, 0.15) is 4.88 Å². The smallest absolute Gasteiger partial charge is 0.346 e. The summed E-state index contributed by atoms with van der Waals surface area (Å²) in [5.74, 6) is 0.442. The van der Waals surface area contributed by atoms with Crippen molar-refractivity contribution >= 4 is 17.2 Å². The number of aromatic nitrogens is 4. The van der Waals surface area contributed by atoms with Crippen molar-refractivity contribution in [3.8, 4) is 11.5 Å². The largest absolute Gasteiger partial charge is 0.354 e. The number of carbonyl (C=O) groups is 1. The molecule has 7 nitrogen and oxygen atoms in total. The Bertz CT molecular complexity index is 868. The number of thiophene rings is 1. The molecule has 3 aromatic rings. The van der Waals surface area contributed by atoms with Crippen molar-refractivity contribution in [3.63, 3.8) is 0 Å². The molecule has 3 aromatic heterocycles. The number of nitrogens with zero attached hydrogens (tertiary/aromatic N) is 4.